The Morgan fingerprint density at radius 2 is 1.79 bits per heavy atom. The summed E-state index contributed by atoms with van der Waals surface area (Å²) in [5.74, 6) is -0.843. The summed E-state index contributed by atoms with van der Waals surface area (Å²) in [7, 11) is 0. The third-order valence-electron chi connectivity index (χ3n) is 2.79. The van der Waals surface area contributed by atoms with Crippen molar-refractivity contribution >= 4 is 57.8 Å². The van der Waals surface area contributed by atoms with Crippen LogP contribution in [-0.4, -0.2) is 21.0 Å². The Morgan fingerprint density at radius 1 is 1.17 bits per heavy atom. The van der Waals surface area contributed by atoms with Gasteiger partial charge in [0.25, 0.3) is 11.6 Å². The van der Waals surface area contributed by atoms with Gasteiger partial charge in [0.2, 0.25) is 0 Å². The molecule has 0 spiro atoms. The van der Waals surface area contributed by atoms with Crippen LogP contribution in [0.3, 0.4) is 0 Å². The first-order chi connectivity index (χ1) is 11.3. The highest BCUT2D eigenvalue weighted by molar-refractivity contribution is 7.80. The summed E-state index contributed by atoms with van der Waals surface area (Å²) >= 11 is 16.6. The summed E-state index contributed by atoms with van der Waals surface area (Å²) in [6.45, 7) is 0. The maximum atomic E-state index is 12.1. The number of carbonyl (C=O) groups excluding carboxylic acids is 1. The lowest BCUT2D eigenvalue weighted by molar-refractivity contribution is -0.384. The standard InChI is InChI=1S/C14H9Cl2N3O4S/c15-8-3-7(4-9(16)5-8)13(21)18-14(24)17-11-6-10(19(22)23)1-2-12(11)20/h1-6,20H,(H2,17,18,21,24). The van der Waals surface area contributed by atoms with Crippen molar-refractivity contribution in [3.63, 3.8) is 0 Å². The fraction of sp³-hybridized carbons (Fsp3) is 0. The number of nitro groups is 1. The number of nitro benzene ring substituents is 1. The zero-order valence-corrected chi connectivity index (χ0v) is 14.1. The Hall–Kier alpha value is -2.42. The second-order valence-corrected chi connectivity index (χ2v) is 5.81. The lowest BCUT2D eigenvalue weighted by Crippen LogP contribution is -2.34. The molecule has 0 atom stereocenters. The van der Waals surface area contributed by atoms with Gasteiger partial charge >= 0.3 is 0 Å². The fourth-order valence-electron chi connectivity index (χ4n) is 1.75. The van der Waals surface area contributed by atoms with Crippen LogP contribution in [0.15, 0.2) is 36.4 Å². The first-order valence-electron chi connectivity index (χ1n) is 6.32. The molecule has 0 unspecified atom stereocenters. The van der Waals surface area contributed by atoms with E-state index < -0.39 is 10.8 Å². The highest BCUT2D eigenvalue weighted by Gasteiger charge is 2.14. The number of carbonyl (C=O) groups is 1. The molecule has 0 heterocycles. The number of nitrogens with zero attached hydrogens (tertiary/aromatic N) is 1. The highest BCUT2D eigenvalue weighted by Crippen LogP contribution is 2.27. The zero-order valence-electron chi connectivity index (χ0n) is 11.7. The van der Waals surface area contributed by atoms with Crippen LogP contribution in [-0.2, 0) is 0 Å². The minimum Gasteiger partial charge on any atom is -0.506 e. The van der Waals surface area contributed by atoms with Crippen LogP contribution >= 0.6 is 35.4 Å². The van der Waals surface area contributed by atoms with Crippen molar-refractivity contribution in [2.24, 2.45) is 0 Å². The first kappa shape index (κ1) is 17.9. The van der Waals surface area contributed by atoms with Crippen LogP contribution in [0.25, 0.3) is 0 Å². The molecular formula is C14H9Cl2N3O4S. The van der Waals surface area contributed by atoms with Gasteiger partial charge in [0.05, 0.1) is 10.6 Å². The Labute approximate surface area is 151 Å². The molecule has 10 heteroatoms. The SMILES string of the molecule is O=C(NC(=S)Nc1cc([N+](=O)[O-])ccc1O)c1cc(Cl)cc(Cl)c1. The van der Waals surface area contributed by atoms with Gasteiger partial charge in [0.15, 0.2) is 5.11 Å². The second-order valence-electron chi connectivity index (χ2n) is 4.52. The van der Waals surface area contributed by atoms with Gasteiger partial charge in [-0.1, -0.05) is 23.2 Å². The third kappa shape index (κ3) is 4.54. The van der Waals surface area contributed by atoms with Crippen molar-refractivity contribution in [3.05, 3.63) is 62.1 Å². The number of nitrogens with one attached hydrogen (secondary N) is 2. The van der Waals surface area contributed by atoms with Gasteiger partial charge in [-0.25, -0.2) is 0 Å². The summed E-state index contributed by atoms with van der Waals surface area (Å²) in [6, 6.07) is 7.63. The van der Waals surface area contributed by atoms with Gasteiger partial charge < -0.3 is 10.4 Å². The van der Waals surface area contributed by atoms with Crippen LogP contribution in [0.2, 0.25) is 10.0 Å². The highest BCUT2D eigenvalue weighted by atomic mass is 35.5. The molecule has 0 saturated heterocycles. The molecule has 0 radical (unpaired) electrons. The number of hydrogen-bond acceptors (Lipinski definition) is 5. The van der Waals surface area contributed by atoms with Crippen LogP contribution < -0.4 is 10.6 Å². The normalized spacial score (nSPS) is 10.1. The van der Waals surface area contributed by atoms with E-state index in [0.717, 1.165) is 18.2 Å². The van der Waals surface area contributed by atoms with Crippen molar-refractivity contribution in [3.8, 4) is 5.75 Å². The third-order valence-corrected chi connectivity index (χ3v) is 3.43. The van der Waals surface area contributed by atoms with E-state index in [9.17, 15) is 20.0 Å². The molecule has 2 aromatic rings. The number of rotatable bonds is 3. The van der Waals surface area contributed by atoms with E-state index in [1.165, 1.54) is 18.2 Å². The minimum absolute atomic E-state index is 0.0152. The number of anilines is 1. The summed E-state index contributed by atoms with van der Waals surface area (Å²) in [5.41, 5.74) is -0.0791. The maximum Gasteiger partial charge on any atom is 0.271 e. The van der Waals surface area contributed by atoms with E-state index in [0.29, 0.717) is 0 Å². The van der Waals surface area contributed by atoms with Crippen molar-refractivity contribution in [1.29, 1.82) is 0 Å². The van der Waals surface area contributed by atoms with E-state index in [2.05, 4.69) is 10.6 Å². The van der Waals surface area contributed by atoms with Crippen LogP contribution in [0.1, 0.15) is 10.4 Å². The van der Waals surface area contributed by atoms with Gasteiger partial charge in [0.1, 0.15) is 5.75 Å². The summed E-state index contributed by atoms with van der Waals surface area (Å²) in [6.07, 6.45) is 0. The van der Waals surface area contributed by atoms with Gasteiger partial charge in [-0.2, -0.15) is 0 Å². The molecule has 124 valence electrons. The molecule has 0 aliphatic heterocycles. The van der Waals surface area contributed by atoms with Gasteiger partial charge in [-0.15, -0.1) is 0 Å². The Kier molecular flexibility index (Phi) is 5.55. The molecule has 0 bridgehead atoms. The smallest absolute Gasteiger partial charge is 0.271 e. The van der Waals surface area contributed by atoms with Crippen LogP contribution in [0.4, 0.5) is 11.4 Å². The zero-order chi connectivity index (χ0) is 17.9. The van der Waals surface area contributed by atoms with Crippen LogP contribution in [0, 0.1) is 10.1 Å². The topological polar surface area (TPSA) is 104 Å². The lowest BCUT2D eigenvalue weighted by atomic mass is 10.2. The molecule has 3 N–H and O–H groups in total. The number of hydrogen-bond donors (Lipinski definition) is 3. The van der Waals surface area contributed by atoms with E-state index >= 15 is 0 Å². The molecule has 0 fully saturated rings. The summed E-state index contributed by atoms with van der Waals surface area (Å²) in [5, 5.41) is 25.7. The number of phenolic OH excluding ortho intramolecular Hbond substituents is 1. The lowest BCUT2D eigenvalue weighted by Gasteiger charge is -2.11. The largest absolute Gasteiger partial charge is 0.506 e. The number of amides is 1. The number of aromatic hydroxyl groups is 1. The summed E-state index contributed by atoms with van der Waals surface area (Å²) < 4.78 is 0. The van der Waals surface area contributed by atoms with E-state index in [1.54, 1.807) is 0 Å². The van der Waals surface area contributed by atoms with Crippen molar-refractivity contribution in [1.82, 2.24) is 5.32 Å². The molecule has 7 nitrogen and oxygen atoms in total. The van der Waals surface area contributed by atoms with E-state index in [4.69, 9.17) is 35.4 Å². The monoisotopic (exact) mass is 385 g/mol. The molecule has 0 saturated carbocycles. The van der Waals surface area contributed by atoms with Gasteiger partial charge in [-0.05, 0) is 36.5 Å². The second kappa shape index (κ2) is 7.43. The molecule has 24 heavy (non-hydrogen) atoms. The molecule has 0 aromatic heterocycles. The average molecular weight is 386 g/mol. The maximum absolute atomic E-state index is 12.1. The molecule has 0 aliphatic rings. The first-order valence-corrected chi connectivity index (χ1v) is 7.48. The molecule has 2 aromatic carbocycles. The predicted molar refractivity (Wildman–Crippen MR) is 94.9 cm³/mol. The Balaban J connectivity index is 2.12. The molecule has 2 rings (SSSR count). The van der Waals surface area contributed by atoms with Gasteiger partial charge in [0, 0.05) is 27.7 Å². The molecule has 1 amide bonds. The number of halogens is 2. The predicted octanol–water partition coefficient (Wildman–Crippen LogP) is 3.73. The van der Waals surface area contributed by atoms with Crippen molar-refractivity contribution in [2.45, 2.75) is 0 Å². The fourth-order valence-corrected chi connectivity index (χ4v) is 2.48. The Bertz CT molecular complexity index is 825. The summed E-state index contributed by atoms with van der Waals surface area (Å²) in [4.78, 5) is 22.2. The minimum atomic E-state index is -0.625. The van der Waals surface area contributed by atoms with Gasteiger partial charge in [-0.3, -0.25) is 20.2 Å². The number of benzene rings is 2. The number of thiocarbonyl (C=S) groups is 1. The van der Waals surface area contributed by atoms with E-state index in [1.807, 2.05) is 0 Å². The Morgan fingerprint density at radius 3 is 2.38 bits per heavy atom. The molecule has 0 aliphatic carbocycles. The molecular weight excluding hydrogens is 377 g/mol. The number of non-ortho nitro benzene ring substituents is 1. The van der Waals surface area contributed by atoms with Crippen molar-refractivity contribution < 1.29 is 14.8 Å². The quantitative estimate of drug-likeness (QED) is 0.321. The van der Waals surface area contributed by atoms with Crippen LogP contribution in [0.5, 0.6) is 5.75 Å². The van der Waals surface area contributed by atoms with Crippen molar-refractivity contribution in [2.75, 3.05) is 5.32 Å². The average Bonchev–Trinajstić information content (AvgIpc) is 2.48. The number of phenols is 1. The van der Waals surface area contributed by atoms with E-state index in [-0.39, 0.29) is 37.8 Å².